The quantitative estimate of drug-likeness (QED) is 0.723. The highest BCUT2D eigenvalue weighted by Crippen LogP contribution is 2.41. The Bertz CT molecular complexity index is 946. The van der Waals surface area contributed by atoms with E-state index in [1.165, 1.54) is 0 Å². The number of benzene rings is 1. The van der Waals surface area contributed by atoms with Crippen molar-refractivity contribution in [1.29, 1.82) is 5.26 Å². The van der Waals surface area contributed by atoms with Crippen LogP contribution >= 0.6 is 22.9 Å². The molecule has 1 atom stereocenters. The molecule has 152 valence electrons. The first-order valence-electron chi connectivity index (χ1n) is 9.13. The molecule has 0 spiro atoms. The lowest BCUT2D eigenvalue weighted by atomic mass is 9.95. The highest BCUT2D eigenvalue weighted by atomic mass is 35.5. The lowest BCUT2D eigenvalue weighted by molar-refractivity contribution is -0.121. The maximum absolute atomic E-state index is 12.2. The Balaban J connectivity index is 2.18. The van der Waals surface area contributed by atoms with Gasteiger partial charge in [-0.2, -0.15) is 5.26 Å². The number of morpholine rings is 1. The molecule has 1 aliphatic heterocycles. The Hall–Kier alpha value is -2.60. The highest BCUT2D eigenvalue weighted by Gasteiger charge is 2.32. The molecule has 2 N–H and O–H groups in total. The van der Waals surface area contributed by atoms with Crippen molar-refractivity contribution in [2.75, 3.05) is 31.2 Å². The number of nitrogens with zero attached hydrogens (tertiary/aromatic N) is 2. The number of rotatable bonds is 6. The number of thiophene rings is 1. The van der Waals surface area contributed by atoms with Gasteiger partial charge in [0.15, 0.2) is 0 Å². The van der Waals surface area contributed by atoms with Crippen molar-refractivity contribution in [3.63, 3.8) is 0 Å². The van der Waals surface area contributed by atoms with Gasteiger partial charge in [0.1, 0.15) is 15.9 Å². The van der Waals surface area contributed by atoms with Crippen LogP contribution in [0.3, 0.4) is 0 Å². The van der Waals surface area contributed by atoms with E-state index in [4.69, 9.17) is 16.3 Å². The van der Waals surface area contributed by atoms with Crippen molar-refractivity contribution in [3.8, 4) is 6.07 Å². The van der Waals surface area contributed by atoms with Gasteiger partial charge < -0.3 is 20.1 Å². The number of nitrogens with one attached hydrogen (secondary N) is 1. The lowest BCUT2D eigenvalue weighted by Gasteiger charge is -2.28. The van der Waals surface area contributed by atoms with Crippen LogP contribution in [-0.4, -0.2) is 43.3 Å². The van der Waals surface area contributed by atoms with Gasteiger partial charge in [-0.1, -0.05) is 30.7 Å². The predicted octanol–water partition coefficient (Wildman–Crippen LogP) is 3.42. The van der Waals surface area contributed by atoms with E-state index < -0.39 is 12.0 Å². The van der Waals surface area contributed by atoms with E-state index in [9.17, 15) is 20.0 Å². The second-order valence-corrected chi connectivity index (χ2v) is 7.88. The first kappa shape index (κ1) is 21.1. The van der Waals surface area contributed by atoms with Gasteiger partial charge in [0.2, 0.25) is 5.91 Å². The number of aromatic carboxylic acids is 1. The predicted molar refractivity (Wildman–Crippen MR) is 111 cm³/mol. The van der Waals surface area contributed by atoms with Gasteiger partial charge in [-0.05, 0) is 17.7 Å². The van der Waals surface area contributed by atoms with Gasteiger partial charge in [0.05, 0.1) is 24.8 Å². The summed E-state index contributed by atoms with van der Waals surface area (Å²) in [5, 5.41) is 23.8. The van der Waals surface area contributed by atoms with E-state index in [1.54, 1.807) is 31.2 Å². The summed E-state index contributed by atoms with van der Waals surface area (Å²) in [4.78, 5) is 26.3. The molecule has 1 fully saturated rings. The molecule has 2 heterocycles. The smallest absolute Gasteiger partial charge is 0.346 e. The summed E-state index contributed by atoms with van der Waals surface area (Å²) in [6.07, 6.45) is 0.231. The Kier molecular flexibility index (Phi) is 6.75. The fourth-order valence-electron chi connectivity index (χ4n) is 3.20. The molecular weight excluding hydrogens is 414 g/mol. The van der Waals surface area contributed by atoms with Crippen molar-refractivity contribution in [1.82, 2.24) is 5.32 Å². The SMILES string of the molecule is CCC(=O)NC(c1ccc(Cl)cc1)c1c(C(=O)O)sc(N2CCOCC2)c1C#N. The van der Waals surface area contributed by atoms with E-state index in [1.807, 2.05) is 4.90 Å². The van der Waals surface area contributed by atoms with Crippen LogP contribution in [0.1, 0.15) is 45.7 Å². The molecule has 7 nitrogen and oxygen atoms in total. The minimum Gasteiger partial charge on any atom is -0.477 e. The van der Waals surface area contributed by atoms with Crippen LogP contribution in [0, 0.1) is 11.3 Å². The number of hydrogen-bond donors (Lipinski definition) is 2. The monoisotopic (exact) mass is 433 g/mol. The molecule has 1 aromatic heterocycles. The van der Waals surface area contributed by atoms with Crippen LogP contribution in [-0.2, 0) is 9.53 Å². The molecule has 2 aromatic rings. The van der Waals surface area contributed by atoms with Crippen LogP contribution in [0.5, 0.6) is 0 Å². The highest BCUT2D eigenvalue weighted by molar-refractivity contribution is 7.18. The molecule has 3 rings (SSSR count). The maximum atomic E-state index is 12.2. The fraction of sp³-hybridized carbons (Fsp3) is 0.350. The van der Waals surface area contributed by atoms with Crippen LogP contribution in [0.25, 0.3) is 0 Å². The van der Waals surface area contributed by atoms with E-state index in [0.29, 0.717) is 47.5 Å². The zero-order chi connectivity index (χ0) is 21.0. The molecule has 1 amide bonds. The number of carboxylic acids is 1. The number of carbonyl (C=O) groups excluding carboxylic acids is 1. The summed E-state index contributed by atoms with van der Waals surface area (Å²) in [5.74, 6) is -1.38. The molecule has 0 aliphatic carbocycles. The van der Waals surface area contributed by atoms with E-state index in [0.717, 1.165) is 11.3 Å². The number of nitriles is 1. The van der Waals surface area contributed by atoms with Gasteiger partial charge in [0.25, 0.3) is 0 Å². The van der Waals surface area contributed by atoms with Crippen LogP contribution in [0.15, 0.2) is 24.3 Å². The zero-order valence-electron chi connectivity index (χ0n) is 15.8. The number of carboxylic acid groups (broad SMARTS) is 1. The molecule has 9 heteroatoms. The van der Waals surface area contributed by atoms with Crippen molar-refractivity contribution >= 4 is 39.8 Å². The van der Waals surface area contributed by atoms with Crippen LogP contribution in [0.2, 0.25) is 5.02 Å². The number of carbonyl (C=O) groups is 2. The van der Waals surface area contributed by atoms with Crippen molar-refractivity contribution < 1.29 is 19.4 Å². The third-order valence-corrected chi connectivity index (χ3v) is 6.16. The topological polar surface area (TPSA) is 103 Å². The van der Waals surface area contributed by atoms with Gasteiger partial charge in [-0.15, -0.1) is 11.3 Å². The summed E-state index contributed by atoms with van der Waals surface area (Å²) in [6.45, 7) is 3.87. The number of halogens is 1. The average Bonchev–Trinajstić information content (AvgIpc) is 3.13. The molecule has 1 aliphatic rings. The largest absolute Gasteiger partial charge is 0.477 e. The summed E-state index contributed by atoms with van der Waals surface area (Å²) in [5.41, 5.74) is 1.22. The van der Waals surface area contributed by atoms with Crippen molar-refractivity contribution in [3.05, 3.63) is 50.9 Å². The normalized spacial score (nSPS) is 14.9. The first-order chi connectivity index (χ1) is 14.0. The minimum atomic E-state index is -1.13. The second kappa shape index (κ2) is 9.27. The minimum absolute atomic E-state index is 0.0411. The van der Waals surface area contributed by atoms with Crippen LogP contribution < -0.4 is 10.2 Å². The van der Waals surface area contributed by atoms with E-state index in [-0.39, 0.29) is 22.8 Å². The van der Waals surface area contributed by atoms with E-state index >= 15 is 0 Å². The number of anilines is 1. The molecule has 0 radical (unpaired) electrons. The van der Waals surface area contributed by atoms with Gasteiger partial charge in [-0.25, -0.2) is 4.79 Å². The van der Waals surface area contributed by atoms with Gasteiger partial charge in [0, 0.05) is 30.1 Å². The number of amides is 1. The number of ether oxygens (including phenoxy) is 1. The maximum Gasteiger partial charge on any atom is 0.346 e. The van der Waals surface area contributed by atoms with Crippen molar-refractivity contribution in [2.45, 2.75) is 19.4 Å². The number of hydrogen-bond acceptors (Lipinski definition) is 6. The van der Waals surface area contributed by atoms with Gasteiger partial charge in [-0.3, -0.25) is 4.79 Å². The van der Waals surface area contributed by atoms with E-state index in [2.05, 4.69) is 11.4 Å². The standard InChI is InChI=1S/C20H20ClN3O4S/c1-2-15(25)23-17(12-3-5-13(21)6-4-12)16-14(11-22)19(29-18(16)20(26)27)24-7-9-28-10-8-24/h3-6,17H,2,7-10H2,1H3,(H,23,25)(H,26,27). The Morgan fingerprint density at radius 2 is 2.00 bits per heavy atom. The lowest BCUT2D eigenvalue weighted by Crippen LogP contribution is -2.36. The molecular formula is C20H20ClN3O4S. The Morgan fingerprint density at radius 3 is 2.55 bits per heavy atom. The Morgan fingerprint density at radius 1 is 1.34 bits per heavy atom. The molecule has 1 saturated heterocycles. The summed E-state index contributed by atoms with van der Waals surface area (Å²) >= 11 is 7.05. The molecule has 0 saturated carbocycles. The molecule has 1 aromatic carbocycles. The summed E-state index contributed by atoms with van der Waals surface area (Å²) in [6, 6.07) is 8.19. The first-order valence-corrected chi connectivity index (χ1v) is 10.3. The summed E-state index contributed by atoms with van der Waals surface area (Å²) < 4.78 is 5.37. The van der Waals surface area contributed by atoms with Crippen molar-refractivity contribution in [2.24, 2.45) is 0 Å². The third kappa shape index (κ3) is 4.53. The molecule has 1 unspecified atom stereocenters. The third-order valence-electron chi connectivity index (χ3n) is 4.65. The van der Waals surface area contributed by atoms with Gasteiger partial charge >= 0.3 is 5.97 Å². The Labute approximate surface area is 177 Å². The zero-order valence-corrected chi connectivity index (χ0v) is 17.3. The summed E-state index contributed by atoms with van der Waals surface area (Å²) in [7, 11) is 0. The average molecular weight is 434 g/mol. The molecule has 0 bridgehead atoms. The second-order valence-electron chi connectivity index (χ2n) is 6.45. The fourth-order valence-corrected chi connectivity index (χ4v) is 4.51. The van der Waals surface area contributed by atoms with Crippen LogP contribution in [0.4, 0.5) is 5.00 Å². The molecule has 29 heavy (non-hydrogen) atoms.